The lowest BCUT2D eigenvalue weighted by atomic mass is 10.1. The molecule has 0 spiro atoms. The van der Waals surface area contributed by atoms with Gasteiger partial charge in [0.1, 0.15) is 10.8 Å². The summed E-state index contributed by atoms with van der Waals surface area (Å²) in [6.07, 6.45) is 0.119. The summed E-state index contributed by atoms with van der Waals surface area (Å²) in [4.78, 5) is 13.4. The third kappa shape index (κ3) is 5.87. The number of thiophene rings is 1. The van der Waals surface area contributed by atoms with Gasteiger partial charge >= 0.3 is 0 Å². The van der Waals surface area contributed by atoms with Gasteiger partial charge in [0.15, 0.2) is 0 Å². The minimum absolute atomic E-state index is 0.222. The fourth-order valence-corrected chi connectivity index (χ4v) is 4.29. The summed E-state index contributed by atoms with van der Waals surface area (Å²) in [5, 5.41) is 19.7. The van der Waals surface area contributed by atoms with Crippen molar-refractivity contribution in [3.8, 4) is 0 Å². The lowest BCUT2D eigenvalue weighted by Gasteiger charge is -2.10. The Bertz CT molecular complexity index is 796. The van der Waals surface area contributed by atoms with E-state index in [9.17, 15) is 14.3 Å². The van der Waals surface area contributed by atoms with Crippen molar-refractivity contribution in [3.05, 3.63) is 43.6 Å². The second-order valence-corrected chi connectivity index (χ2v) is 8.48. The van der Waals surface area contributed by atoms with Gasteiger partial charge in [0.05, 0.1) is 17.4 Å². The molecule has 0 saturated heterocycles. The molecule has 1 aromatic carbocycles. The molecule has 0 aliphatic carbocycles. The van der Waals surface area contributed by atoms with Gasteiger partial charge in [0, 0.05) is 15.0 Å². The maximum absolute atomic E-state index is 14.2. The average molecular weight is 505 g/mol. The number of aliphatic hydroxyl groups is 1. The number of rotatable bonds is 9. The van der Waals surface area contributed by atoms with Crippen LogP contribution in [0.15, 0.2) is 18.2 Å². The number of aliphatic hydroxyl groups excluding tert-OH is 1. The lowest BCUT2D eigenvalue weighted by Crippen LogP contribution is -2.28. The third-order valence-electron chi connectivity index (χ3n) is 4.04. The number of halogens is 2. The zero-order valence-electron chi connectivity index (χ0n) is 15.7. The molecule has 1 amide bonds. The number of benzene rings is 1. The molecular formula is C19H25FIN3O2S. The van der Waals surface area contributed by atoms with Crippen molar-refractivity contribution < 1.29 is 14.3 Å². The Morgan fingerprint density at radius 3 is 2.74 bits per heavy atom. The van der Waals surface area contributed by atoms with Crippen LogP contribution in [0.5, 0.6) is 0 Å². The molecule has 1 aromatic heterocycles. The van der Waals surface area contributed by atoms with Crippen molar-refractivity contribution in [3.63, 3.8) is 0 Å². The van der Waals surface area contributed by atoms with Crippen molar-refractivity contribution in [1.29, 1.82) is 0 Å². The van der Waals surface area contributed by atoms with Crippen LogP contribution in [0.25, 0.3) is 0 Å². The van der Waals surface area contributed by atoms with Crippen molar-refractivity contribution in [2.24, 2.45) is 0 Å². The quantitative estimate of drug-likeness (QED) is 0.303. The van der Waals surface area contributed by atoms with Gasteiger partial charge in [-0.15, -0.1) is 11.3 Å². The predicted octanol–water partition coefficient (Wildman–Crippen LogP) is 4.33. The van der Waals surface area contributed by atoms with Crippen LogP contribution in [0.4, 0.5) is 15.1 Å². The monoisotopic (exact) mass is 505 g/mol. The van der Waals surface area contributed by atoms with Crippen LogP contribution in [-0.4, -0.2) is 30.6 Å². The van der Waals surface area contributed by atoms with Gasteiger partial charge in [0.25, 0.3) is 5.91 Å². The molecule has 27 heavy (non-hydrogen) atoms. The summed E-state index contributed by atoms with van der Waals surface area (Å²) < 4.78 is 15.0. The molecular weight excluding hydrogens is 480 g/mol. The first-order valence-corrected chi connectivity index (χ1v) is 10.8. The van der Waals surface area contributed by atoms with Crippen LogP contribution in [-0.2, 0) is 0 Å². The van der Waals surface area contributed by atoms with Crippen LogP contribution in [0.2, 0.25) is 0 Å². The van der Waals surface area contributed by atoms with Crippen LogP contribution in [0.1, 0.15) is 47.2 Å². The van der Waals surface area contributed by atoms with Crippen molar-refractivity contribution in [1.82, 2.24) is 10.6 Å². The molecule has 1 atom stereocenters. The molecule has 0 aliphatic heterocycles. The fourth-order valence-electron chi connectivity index (χ4n) is 2.68. The summed E-state index contributed by atoms with van der Waals surface area (Å²) >= 11 is 3.32. The number of carbonyl (C=O) groups is 1. The number of hydrogen-bond acceptors (Lipinski definition) is 5. The van der Waals surface area contributed by atoms with Crippen molar-refractivity contribution in [2.75, 3.05) is 25.0 Å². The fraction of sp³-hybridized carbons (Fsp3) is 0.421. The number of nitrogens with one attached hydrogen (secondary N) is 3. The summed E-state index contributed by atoms with van der Waals surface area (Å²) in [7, 11) is 0. The van der Waals surface area contributed by atoms with E-state index in [2.05, 4.69) is 16.0 Å². The van der Waals surface area contributed by atoms with E-state index < -0.39 is 6.10 Å². The highest BCUT2D eigenvalue weighted by molar-refractivity contribution is 14.1. The molecule has 2 rings (SSSR count). The van der Waals surface area contributed by atoms with E-state index >= 15 is 0 Å². The summed E-state index contributed by atoms with van der Waals surface area (Å²) in [6.45, 7) is 7.77. The van der Waals surface area contributed by atoms with Gasteiger partial charge in [-0.05, 0) is 79.7 Å². The molecule has 0 bridgehead atoms. The van der Waals surface area contributed by atoms with Gasteiger partial charge in [-0.2, -0.15) is 0 Å². The van der Waals surface area contributed by atoms with Gasteiger partial charge in [-0.25, -0.2) is 4.39 Å². The number of anilines is 2. The van der Waals surface area contributed by atoms with Crippen LogP contribution < -0.4 is 16.0 Å². The highest BCUT2D eigenvalue weighted by Gasteiger charge is 2.23. The Hall–Kier alpha value is -1.23. The van der Waals surface area contributed by atoms with Crippen LogP contribution >= 0.6 is 33.9 Å². The molecule has 0 fully saturated rings. The Balaban J connectivity index is 2.25. The summed E-state index contributed by atoms with van der Waals surface area (Å²) in [5.41, 5.74) is 1.47. The van der Waals surface area contributed by atoms with Crippen molar-refractivity contribution in [2.45, 2.75) is 33.3 Å². The first-order valence-electron chi connectivity index (χ1n) is 8.87. The minimum Gasteiger partial charge on any atom is -0.388 e. The molecule has 0 radical (unpaired) electrons. The normalized spacial score (nSPS) is 12.1. The van der Waals surface area contributed by atoms with Crippen LogP contribution in [0, 0.1) is 16.3 Å². The Labute approximate surface area is 176 Å². The average Bonchev–Trinajstić information content (AvgIpc) is 2.93. The smallest absolute Gasteiger partial charge is 0.254 e. The Morgan fingerprint density at radius 1 is 1.37 bits per heavy atom. The number of carbonyl (C=O) groups excluding carboxylic acids is 1. The number of amides is 1. The second kappa shape index (κ2) is 10.4. The molecule has 8 heteroatoms. The summed E-state index contributed by atoms with van der Waals surface area (Å²) in [6, 6.07) is 4.87. The Morgan fingerprint density at radius 2 is 2.11 bits per heavy atom. The molecule has 148 valence electrons. The van der Waals surface area contributed by atoms with Crippen molar-refractivity contribution >= 4 is 50.5 Å². The molecule has 2 aromatic rings. The van der Waals surface area contributed by atoms with E-state index in [1.165, 1.54) is 17.4 Å². The SMILES string of the molecule is CCNCCCNC(=O)c1c(Nc2ccc(I)cc2F)sc(C(C)O)c1C. The zero-order chi connectivity index (χ0) is 20.0. The highest BCUT2D eigenvalue weighted by atomic mass is 127. The molecule has 1 heterocycles. The first-order chi connectivity index (χ1) is 12.8. The van der Waals surface area contributed by atoms with E-state index in [4.69, 9.17) is 0 Å². The molecule has 5 nitrogen and oxygen atoms in total. The van der Waals surface area contributed by atoms with E-state index in [-0.39, 0.29) is 11.7 Å². The van der Waals surface area contributed by atoms with Gasteiger partial charge in [-0.1, -0.05) is 6.92 Å². The molecule has 0 aliphatic rings. The zero-order valence-corrected chi connectivity index (χ0v) is 18.6. The lowest BCUT2D eigenvalue weighted by molar-refractivity contribution is 0.0953. The van der Waals surface area contributed by atoms with E-state index in [1.807, 2.05) is 36.4 Å². The van der Waals surface area contributed by atoms with Gasteiger partial charge in [0.2, 0.25) is 0 Å². The molecule has 1 unspecified atom stereocenters. The standard InChI is InChI=1S/C19H25FIN3O2S/c1-4-22-8-5-9-23-18(26)16-11(2)17(12(3)25)27-19(16)24-15-7-6-13(21)10-14(15)20/h6-7,10,12,22,24-25H,4-5,8-9H2,1-3H3,(H,23,26). The van der Waals surface area contributed by atoms with Gasteiger partial charge in [-0.3, -0.25) is 4.79 Å². The predicted molar refractivity (Wildman–Crippen MR) is 118 cm³/mol. The van der Waals surface area contributed by atoms with Crippen LogP contribution in [0.3, 0.4) is 0 Å². The second-order valence-electron chi connectivity index (χ2n) is 6.18. The van der Waals surface area contributed by atoms with E-state index in [0.29, 0.717) is 33.2 Å². The minimum atomic E-state index is -0.701. The third-order valence-corrected chi connectivity index (χ3v) is 6.08. The van der Waals surface area contributed by atoms with Gasteiger partial charge < -0.3 is 21.1 Å². The van der Waals surface area contributed by atoms with E-state index in [0.717, 1.165) is 23.1 Å². The maximum atomic E-state index is 14.2. The highest BCUT2D eigenvalue weighted by Crippen LogP contribution is 2.38. The van der Waals surface area contributed by atoms with E-state index in [1.54, 1.807) is 19.1 Å². The largest absolute Gasteiger partial charge is 0.388 e. The molecule has 0 saturated carbocycles. The Kier molecular flexibility index (Phi) is 8.46. The molecule has 4 N–H and O–H groups in total. The topological polar surface area (TPSA) is 73.4 Å². The number of hydrogen-bond donors (Lipinski definition) is 4. The maximum Gasteiger partial charge on any atom is 0.254 e. The summed E-state index contributed by atoms with van der Waals surface area (Å²) in [5.74, 6) is -0.607. The first kappa shape index (κ1) is 22.1.